The van der Waals surface area contributed by atoms with E-state index in [2.05, 4.69) is 14.9 Å². The van der Waals surface area contributed by atoms with Crippen molar-refractivity contribution in [3.05, 3.63) is 35.9 Å². The standard InChI is InChI=1S/C18H26N4O2/c1-20(2)12-16-13-21(10-11-24-16)14-18(23)22-9-8-17(19-22)15-6-4-3-5-7-15/h3-7,16H,8-14H2,1-2H3/t16-/m0/s1. The van der Waals surface area contributed by atoms with Gasteiger partial charge in [-0.15, -0.1) is 0 Å². The molecular weight excluding hydrogens is 304 g/mol. The van der Waals surface area contributed by atoms with Crippen molar-refractivity contribution in [3.8, 4) is 0 Å². The van der Waals surface area contributed by atoms with Crippen LogP contribution in [0.4, 0.5) is 0 Å². The second kappa shape index (κ2) is 7.88. The third-order valence-electron chi connectivity index (χ3n) is 4.35. The summed E-state index contributed by atoms with van der Waals surface area (Å²) < 4.78 is 5.77. The molecule has 1 amide bonds. The number of morpholine rings is 1. The van der Waals surface area contributed by atoms with Crippen LogP contribution in [0, 0.1) is 0 Å². The van der Waals surface area contributed by atoms with E-state index in [1.165, 1.54) is 0 Å². The normalized spacial score (nSPS) is 22.0. The number of hydrazone groups is 1. The molecule has 0 spiro atoms. The smallest absolute Gasteiger partial charge is 0.256 e. The van der Waals surface area contributed by atoms with E-state index in [1.807, 2.05) is 44.4 Å². The molecule has 1 aromatic rings. The monoisotopic (exact) mass is 330 g/mol. The highest BCUT2D eigenvalue weighted by atomic mass is 16.5. The minimum atomic E-state index is 0.0754. The molecule has 0 N–H and O–H groups in total. The summed E-state index contributed by atoms with van der Waals surface area (Å²) >= 11 is 0. The molecule has 1 atom stereocenters. The van der Waals surface area contributed by atoms with Crippen LogP contribution < -0.4 is 0 Å². The first-order valence-electron chi connectivity index (χ1n) is 8.54. The molecular formula is C18H26N4O2. The van der Waals surface area contributed by atoms with Crippen molar-refractivity contribution in [1.29, 1.82) is 0 Å². The van der Waals surface area contributed by atoms with Gasteiger partial charge < -0.3 is 9.64 Å². The second-order valence-electron chi connectivity index (χ2n) is 6.67. The summed E-state index contributed by atoms with van der Waals surface area (Å²) in [5.41, 5.74) is 2.10. The lowest BCUT2D eigenvalue weighted by Gasteiger charge is -2.34. The van der Waals surface area contributed by atoms with Gasteiger partial charge >= 0.3 is 0 Å². The molecule has 0 aliphatic carbocycles. The number of rotatable bonds is 5. The molecule has 0 unspecified atom stereocenters. The van der Waals surface area contributed by atoms with Gasteiger partial charge in [-0.1, -0.05) is 30.3 Å². The quantitative estimate of drug-likeness (QED) is 0.804. The fourth-order valence-corrected chi connectivity index (χ4v) is 3.19. The van der Waals surface area contributed by atoms with Crippen molar-refractivity contribution >= 4 is 11.6 Å². The van der Waals surface area contributed by atoms with Gasteiger partial charge in [0.1, 0.15) is 0 Å². The van der Waals surface area contributed by atoms with Crippen LogP contribution in [0.15, 0.2) is 35.4 Å². The summed E-state index contributed by atoms with van der Waals surface area (Å²) in [5, 5.41) is 6.15. The zero-order chi connectivity index (χ0) is 16.9. The van der Waals surface area contributed by atoms with Crippen molar-refractivity contribution in [1.82, 2.24) is 14.8 Å². The largest absolute Gasteiger partial charge is 0.374 e. The third-order valence-corrected chi connectivity index (χ3v) is 4.35. The number of benzene rings is 1. The molecule has 6 heteroatoms. The summed E-state index contributed by atoms with van der Waals surface area (Å²) in [6.45, 7) is 4.26. The van der Waals surface area contributed by atoms with Crippen LogP contribution in [-0.2, 0) is 9.53 Å². The number of hydrogen-bond acceptors (Lipinski definition) is 5. The highest BCUT2D eigenvalue weighted by Crippen LogP contribution is 2.14. The maximum atomic E-state index is 12.5. The van der Waals surface area contributed by atoms with Gasteiger partial charge in [-0.25, -0.2) is 5.01 Å². The van der Waals surface area contributed by atoms with Crippen LogP contribution in [-0.4, -0.2) is 86.0 Å². The Hall–Kier alpha value is -1.76. The molecule has 130 valence electrons. The average molecular weight is 330 g/mol. The van der Waals surface area contributed by atoms with Crippen LogP contribution >= 0.6 is 0 Å². The highest BCUT2D eigenvalue weighted by molar-refractivity contribution is 6.02. The van der Waals surface area contributed by atoms with Crippen molar-refractivity contribution in [3.63, 3.8) is 0 Å². The predicted molar refractivity (Wildman–Crippen MR) is 94.0 cm³/mol. The molecule has 1 saturated heterocycles. The Morgan fingerprint density at radius 3 is 2.83 bits per heavy atom. The number of ether oxygens (including phenoxy) is 1. The Morgan fingerprint density at radius 2 is 2.08 bits per heavy atom. The van der Waals surface area contributed by atoms with Crippen molar-refractivity contribution in [2.45, 2.75) is 12.5 Å². The average Bonchev–Trinajstić information content (AvgIpc) is 3.05. The highest BCUT2D eigenvalue weighted by Gasteiger charge is 2.26. The van der Waals surface area contributed by atoms with Crippen LogP contribution in [0.3, 0.4) is 0 Å². The molecule has 0 saturated carbocycles. The van der Waals surface area contributed by atoms with E-state index in [0.29, 0.717) is 19.7 Å². The first-order chi connectivity index (χ1) is 11.6. The maximum absolute atomic E-state index is 12.5. The van der Waals surface area contributed by atoms with Gasteiger partial charge in [0.25, 0.3) is 5.91 Å². The Morgan fingerprint density at radius 1 is 1.29 bits per heavy atom. The van der Waals surface area contributed by atoms with E-state index in [4.69, 9.17) is 4.74 Å². The van der Waals surface area contributed by atoms with Crippen molar-refractivity contribution in [2.75, 3.05) is 53.4 Å². The zero-order valence-electron chi connectivity index (χ0n) is 14.5. The van der Waals surface area contributed by atoms with Crippen molar-refractivity contribution in [2.24, 2.45) is 5.10 Å². The topological polar surface area (TPSA) is 48.4 Å². The maximum Gasteiger partial charge on any atom is 0.256 e. The molecule has 0 bridgehead atoms. The molecule has 0 aromatic heterocycles. The Bertz CT molecular complexity index is 588. The van der Waals surface area contributed by atoms with E-state index in [-0.39, 0.29) is 12.0 Å². The van der Waals surface area contributed by atoms with Gasteiger partial charge in [-0.05, 0) is 19.7 Å². The van der Waals surface area contributed by atoms with Gasteiger partial charge in [0.05, 0.1) is 31.5 Å². The summed E-state index contributed by atoms with van der Waals surface area (Å²) in [5.74, 6) is 0.0754. The van der Waals surface area contributed by atoms with E-state index in [0.717, 1.165) is 37.3 Å². The van der Waals surface area contributed by atoms with Gasteiger partial charge in [0.2, 0.25) is 0 Å². The van der Waals surface area contributed by atoms with Crippen LogP contribution in [0.5, 0.6) is 0 Å². The second-order valence-corrected chi connectivity index (χ2v) is 6.67. The van der Waals surface area contributed by atoms with Gasteiger partial charge in [-0.2, -0.15) is 5.10 Å². The fraction of sp³-hybridized carbons (Fsp3) is 0.556. The summed E-state index contributed by atoms with van der Waals surface area (Å²) in [6, 6.07) is 10.1. The molecule has 24 heavy (non-hydrogen) atoms. The van der Waals surface area contributed by atoms with E-state index < -0.39 is 0 Å². The number of carbonyl (C=O) groups is 1. The van der Waals surface area contributed by atoms with Crippen molar-refractivity contribution < 1.29 is 9.53 Å². The lowest BCUT2D eigenvalue weighted by molar-refractivity contribution is -0.134. The zero-order valence-corrected chi connectivity index (χ0v) is 14.5. The van der Waals surface area contributed by atoms with Crippen LogP contribution in [0.1, 0.15) is 12.0 Å². The number of carbonyl (C=O) groups excluding carboxylic acids is 1. The van der Waals surface area contributed by atoms with E-state index in [9.17, 15) is 4.79 Å². The Kier molecular flexibility index (Phi) is 5.60. The van der Waals surface area contributed by atoms with Gasteiger partial charge in [0.15, 0.2) is 0 Å². The van der Waals surface area contributed by atoms with Gasteiger partial charge in [0, 0.05) is 26.1 Å². The van der Waals surface area contributed by atoms with Crippen LogP contribution in [0.2, 0.25) is 0 Å². The minimum Gasteiger partial charge on any atom is -0.374 e. The molecule has 6 nitrogen and oxygen atoms in total. The number of likely N-dealkylation sites (N-methyl/N-ethyl adjacent to an activating group) is 1. The molecule has 2 aliphatic heterocycles. The van der Waals surface area contributed by atoms with Crippen LogP contribution in [0.25, 0.3) is 0 Å². The fourth-order valence-electron chi connectivity index (χ4n) is 3.19. The Labute approximate surface area is 143 Å². The molecule has 2 aliphatic rings. The molecule has 2 heterocycles. The lowest BCUT2D eigenvalue weighted by Crippen LogP contribution is -2.49. The number of nitrogens with zero attached hydrogens (tertiary/aromatic N) is 4. The summed E-state index contributed by atoms with van der Waals surface area (Å²) in [6.07, 6.45) is 0.991. The molecule has 1 aromatic carbocycles. The minimum absolute atomic E-state index is 0.0754. The summed E-state index contributed by atoms with van der Waals surface area (Å²) in [7, 11) is 4.08. The molecule has 0 radical (unpaired) electrons. The van der Waals surface area contributed by atoms with Gasteiger partial charge in [-0.3, -0.25) is 9.69 Å². The number of amides is 1. The Balaban J connectivity index is 1.55. The SMILES string of the molecule is CN(C)C[C@H]1CN(CC(=O)N2CCC(c3ccccc3)=N2)CCO1. The molecule has 1 fully saturated rings. The number of hydrogen-bond donors (Lipinski definition) is 0. The first-order valence-corrected chi connectivity index (χ1v) is 8.54. The third kappa shape index (κ3) is 4.41. The first kappa shape index (κ1) is 17.1. The van der Waals surface area contributed by atoms with E-state index in [1.54, 1.807) is 5.01 Å². The predicted octanol–water partition coefficient (Wildman–Crippen LogP) is 0.885. The molecule has 3 rings (SSSR count). The summed E-state index contributed by atoms with van der Waals surface area (Å²) in [4.78, 5) is 16.8. The lowest BCUT2D eigenvalue weighted by atomic mass is 10.1. The van der Waals surface area contributed by atoms with E-state index >= 15 is 0 Å².